The number of hydrogen-bond donors (Lipinski definition) is 3. The fraction of sp³-hybridized carbons (Fsp3) is 0.419. The van der Waals surface area contributed by atoms with E-state index in [-0.39, 0.29) is 17.3 Å². The van der Waals surface area contributed by atoms with Crippen molar-refractivity contribution >= 4 is 51.7 Å². The van der Waals surface area contributed by atoms with Gasteiger partial charge in [0.05, 0.1) is 18.3 Å². The van der Waals surface area contributed by atoms with Gasteiger partial charge in [-0.1, -0.05) is 47.2 Å². The number of carbonyl (C=O) groups is 3. The Bertz CT molecular complexity index is 1460. The van der Waals surface area contributed by atoms with E-state index >= 15 is 0 Å². The van der Waals surface area contributed by atoms with E-state index in [4.69, 9.17) is 16.3 Å². The Morgan fingerprint density at radius 1 is 1.21 bits per heavy atom. The molecule has 1 saturated heterocycles. The van der Waals surface area contributed by atoms with Crippen molar-refractivity contribution in [1.82, 2.24) is 9.88 Å². The Labute approximate surface area is 260 Å². The summed E-state index contributed by atoms with van der Waals surface area (Å²) in [7, 11) is 0. The number of aryl methyl sites for hydroxylation is 1. The van der Waals surface area contributed by atoms with Crippen molar-refractivity contribution < 1.29 is 29.3 Å². The van der Waals surface area contributed by atoms with E-state index in [1.54, 1.807) is 64.1 Å². The quantitative estimate of drug-likeness (QED) is 0.252. The summed E-state index contributed by atoms with van der Waals surface area (Å²) in [6.07, 6.45) is 0.485. The summed E-state index contributed by atoms with van der Waals surface area (Å²) >= 11 is 7.17. The minimum Gasteiger partial charge on any atom is -0.477 e. The number of hydrogen-bond acceptors (Lipinski definition) is 8. The van der Waals surface area contributed by atoms with Gasteiger partial charge in [-0.3, -0.25) is 4.79 Å². The van der Waals surface area contributed by atoms with Gasteiger partial charge in [0.1, 0.15) is 16.5 Å². The van der Waals surface area contributed by atoms with Gasteiger partial charge in [0, 0.05) is 23.8 Å². The van der Waals surface area contributed by atoms with Gasteiger partial charge in [-0.2, -0.15) is 0 Å². The first-order valence-corrected chi connectivity index (χ1v) is 15.3. The maximum absolute atomic E-state index is 13.2. The number of thiazole rings is 1. The molecule has 0 saturated carbocycles. The molecule has 10 nitrogen and oxygen atoms in total. The number of carboxylic acids is 1. The topological polar surface area (TPSA) is 132 Å². The minimum atomic E-state index is -1.02. The molecule has 1 aromatic heterocycles. The minimum absolute atomic E-state index is 0.0356. The van der Waals surface area contributed by atoms with Crippen LogP contribution in [-0.4, -0.2) is 69.3 Å². The maximum atomic E-state index is 13.2. The number of aliphatic hydroxyl groups excluding tert-OH is 1. The zero-order valence-electron chi connectivity index (χ0n) is 24.7. The van der Waals surface area contributed by atoms with E-state index in [9.17, 15) is 24.6 Å². The van der Waals surface area contributed by atoms with Crippen molar-refractivity contribution in [1.29, 1.82) is 0 Å². The second kappa shape index (κ2) is 13.7. The van der Waals surface area contributed by atoms with Crippen molar-refractivity contribution in [2.24, 2.45) is 0 Å². The van der Waals surface area contributed by atoms with Gasteiger partial charge >= 0.3 is 12.1 Å². The van der Waals surface area contributed by atoms with E-state index in [1.807, 2.05) is 17.0 Å². The van der Waals surface area contributed by atoms with Crippen LogP contribution >= 0.6 is 22.9 Å². The molecule has 2 aromatic carbocycles. The highest BCUT2D eigenvalue weighted by Gasteiger charge is 2.33. The summed E-state index contributed by atoms with van der Waals surface area (Å²) in [5, 5.41) is 24.2. The number of ether oxygens (including phenoxy) is 1. The van der Waals surface area contributed by atoms with E-state index in [2.05, 4.69) is 10.3 Å². The second-order valence-electron chi connectivity index (χ2n) is 11.5. The van der Waals surface area contributed by atoms with E-state index in [0.717, 1.165) is 23.3 Å². The van der Waals surface area contributed by atoms with Crippen LogP contribution in [0.25, 0.3) is 0 Å². The fourth-order valence-corrected chi connectivity index (χ4v) is 6.01. The lowest BCUT2D eigenvalue weighted by Crippen LogP contribution is -2.40. The molecule has 2 atom stereocenters. The van der Waals surface area contributed by atoms with Crippen LogP contribution in [0.15, 0.2) is 48.5 Å². The Hall–Kier alpha value is -3.67. The third-order valence-electron chi connectivity index (χ3n) is 6.95. The number of nitrogens with zero attached hydrogens (tertiary/aromatic N) is 3. The van der Waals surface area contributed by atoms with E-state index in [0.29, 0.717) is 53.0 Å². The van der Waals surface area contributed by atoms with Gasteiger partial charge in [-0.25, -0.2) is 14.6 Å². The smallest absolute Gasteiger partial charge is 0.410 e. The van der Waals surface area contributed by atoms with Crippen molar-refractivity contribution in [2.75, 3.05) is 29.9 Å². The molecule has 3 N–H and O–H groups in total. The highest BCUT2D eigenvalue weighted by molar-refractivity contribution is 7.17. The summed E-state index contributed by atoms with van der Waals surface area (Å²) in [5.74, 6) is -1.20. The van der Waals surface area contributed by atoms with Crippen LogP contribution in [0.3, 0.4) is 0 Å². The molecule has 43 heavy (non-hydrogen) atoms. The SMILES string of the molecule is Cc1nc(N2CCC[C@H]2C(=O)Nc2ccc(CCN(CC(O)c3cccc(Cl)c3)C(=O)OC(C)(C)C)cc2)sc1C(=O)O. The summed E-state index contributed by atoms with van der Waals surface area (Å²) in [6.45, 7) is 8.00. The first-order chi connectivity index (χ1) is 20.3. The van der Waals surface area contributed by atoms with Crippen molar-refractivity contribution in [3.63, 3.8) is 0 Å². The number of carbonyl (C=O) groups excluding carboxylic acids is 2. The van der Waals surface area contributed by atoms with Gasteiger partial charge in [0.15, 0.2) is 5.13 Å². The number of rotatable bonds is 10. The Kier molecular flexibility index (Phi) is 10.3. The van der Waals surface area contributed by atoms with Crippen LogP contribution in [0.4, 0.5) is 15.6 Å². The summed E-state index contributed by atoms with van der Waals surface area (Å²) in [6, 6.07) is 13.8. The number of carboxylic acid groups (broad SMARTS) is 1. The van der Waals surface area contributed by atoms with Crippen LogP contribution in [-0.2, 0) is 16.0 Å². The van der Waals surface area contributed by atoms with E-state index < -0.39 is 29.8 Å². The molecule has 0 radical (unpaired) electrons. The largest absolute Gasteiger partial charge is 0.477 e. The number of anilines is 2. The normalized spacial score (nSPS) is 15.7. The molecular formula is C31H37ClN4O6S. The number of halogens is 1. The van der Waals surface area contributed by atoms with Crippen LogP contribution in [0, 0.1) is 6.92 Å². The van der Waals surface area contributed by atoms with Crippen LogP contribution in [0.1, 0.15) is 66.2 Å². The lowest BCUT2D eigenvalue weighted by atomic mass is 10.1. The van der Waals surface area contributed by atoms with Gasteiger partial charge < -0.3 is 30.1 Å². The predicted molar refractivity (Wildman–Crippen MR) is 167 cm³/mol. The molecule has 12 heteroatoms. The number of aliphatic hydroxyl groups is 1. The molecule has 2 heterocycles. The van der Waals surface area contributed by atoms with Gasteiger partial charge in [0.25, 0.3) is 0 Å². The molecular weight excluding hydrogens is 592 g/mol. The van der Waals surface area contributed by atoms with Crippen molar-refractivity contribution in [2.45, 2.75) is 64.7 Å². The molecule has 1 aliphatic heterocycles. The molecule has 0 spiro atoms. The van der Waals surface area contributed by atoms with Crippen LogP contribution in [0.2, 0.25) is 5.02 Å². The zero-order valence-corrected chi connectivity index (χ0v) is 26.2. The number of benzene rings is 2. The molecule has 1 unspecified atom stereocenters. The molecule has 2 amide bonds. The molecule has 4 rings (SSSR count). The number of nitrogens with one attached hydrogen (secondary N) is 1. The van der Waals surface area contributed by atoms with Crippen molar-refractivity contribution in [3.05, 3.63) is 75.3 Å². The summed E-state index contributed by atoms with van der Waals surface area (Å²) in [4.78, 5) is 45.5. The van der Waals surface area contributed by atoms with E-state index in [1.165, 1.54) is 4.90 Å². The third kappa shape index (κ3) is 8.68. The summed E-state index contributed by atoms with van der Waals surface area (Å²) < 4.78 is 5.59. The molecule has 0 bridgehead atoms. The fourth-order valence-electron chi connectivity index (χ4n) is 4.83. The third-order valence-corrected chi connectivity index (χ3v) is 8.37. The molecule has 1 aliphatic rings. The van der Waals surface area contributed by atoms with Crippen molar-refractivity contribution in [3.8, 4) is 0 Å². The predicted octanol–water partition coefficient (Wildman–Crippen LogP) is 5.92. The van der Waals surface area contributed by atoms with Gasteiger partial charge in [-0.15, -0.1) is 0 Å². The Balaban J connectivity index is 1.38. The average molecular weight is 629 g/mol. The van der Waals surface area contributed by atoms with Gasteiger partial charge in [-0.05, 0) is 82.3 Å². The monoisotopic (exact) mass is 628 g/mol. The highest BCUT2D eigenvalue weighted by atomic mass is 35.5. The molecule has 0 aliphatic carbocycles. The molecule has 1 fully saturated rings. The standard InChI is InChI=1S/C31H37ClN4O6S/c1-19-26(28(39)40)43-29(33-19)36-15-6-9-24(36)27(38)34-23-12-10-20(11-13-23)14-16-35(30(41)42-31(2,3)4)18-25(37)21-7-5-8-22(32)17-21/h5,7-8,10-13,17,24-25,37H,6,9,14-16,18H2,1-4H3,(H,34,38)(H,39,40)/t24-,25?/m0/s1. The molecule has 3 aromatic rings. The van der Waals surface area contributed by atoms with Crippen LogP contribution in [0.5, 0.6) is 0 Å². The first kappa shape index (κ1) is 32.2. The van der Waals surface area contributed by atoms with Crippen LogP contribution < -0.4 is 10.2 Å². The number of amides is 2. The molecule has 230 valence electrons. The number of aromatic nitrogens is 1. The van der Waals surface area contributed by atoms with Gasteiger partial charge in [0.2, 0.25) is 5.91 Å². The maximum Gasteiger partial charge on any atom is 0.410 e. The summed E-state index contributed by atoms with van der Waals surface area (Å²) in [5.41, 5.74) is 1.92. The lowest BCUT2D eigenvalue weighted by molar-refractivity contribution is -0.117. The second-order valence-corrected chi connectivity index (χ2v) is 12.9. The Morgan fingerprint density at radius 2 is 1.93 bits per heavy atom. The number of aromatic carboxylic acids is 1. The zero-order chi connectivity index (χ0) is 31.3. The average Bonchev–Trinajstić information content (AvgIpc) is 3.57. The lowest BCUT2D eigenvalue weighted by Gasteiger charge is -2.29. The Morgan fingerprint density at radius 3 is 2.56 bits per heavy atom. The highest BCUT2D eigenvalue weighted by Crippen LogP contribution is 2.32. The first-order valence-electron chi connectivity index (χ1n) is 14.1.